The predicted molar refractivity (Wildman–Crippen MR) is 128 cm³/mol. The molecule has 3 aromatic heterocycles. The van der Waals surface area contributed by atoms with Crippen LogP contribution in [0.15, 0.2) is 65.4 Å². The zero-order valence-corrected chi connectivity index (χ0v) is 19.2. The summed E-state index contributed by atoms with van der Waals surface area (Å²) in [4.78, 5) is 18.4. The van der Waals surface area contributed by atoms with Gasteiger partial charge in [-0.1, -0.05) is 18.2 Å². The molecule has 0 radical (unpaired) electrons. The smallest absolute Gasteiger partial charge is 0.291 e. The molecule has 4 aromatic rings. The van der Waals surface area contributed by atoms with E-state index in [9.17, 15) is 4.79 Å². The molecule has 0 saturated heterocycles. The van der Waals surface area contributed by atoms with E-state index in [2.05, 4.69) is 29.5 Å². The number of rotatable bonds is 7. The Balaban J connectivity index is 1.83. The van der Waals surface area contributed by atoms with Crippen LogP contribution in [0.4, 0.5) is 10.8 Å². The standard InChI is InChI=1S/C25H25N3O3S/c1-15-11-12-26-21(14-15)27-23(18-8-5-6-9-19(18)30-4)22-16(2)17(3)32-25(22)28-24(29)20-10-7-13-31-20/h5-14,23H,1-4H3,(H,26,27)(H,28,29)/t23-/m0/s1. The van der Waals surface area contributed by atoms with Crippen molar-refractivity contribution in [2.45, 2.75) is 26.8 Å². The molecule has 1 amide bonds. The highest BCUT2D eigenvalue weighted by atomic mass is 32.1. The molecule has 1 atom stereocenters. The summed E-state index contributed by atoms with van der Waals surface area (Å²) in [5.74, 6) is 1.48. The molecule has 32 heavy (non-hydrogen) atoms. The molecule has 164 valence electrons. The van der Waals surface area contributed by atoms with Gasteiger partial charge in [-0.05, 0) is 62.2 Å². The van der Waals surface area contributed by atoms with Crippen molar-refractivity contribution in [1.82, 2.24) is 4.98 Å². The number of nitrogens with one attached hydrogen (secondary N) is 2. The van der Waals surface area contributed by atoms with E-state index in [1.54, 1.807) is 36.8 Å². The minimum absolute atomic E-state index is 0.266. The maximum Gasteiger partial charge on any atom is 0.291 e. The summed E-state index contributed by atoms with van der Waals surface area (Å²) in [6.45, 7) is 6.15. The Morgan fingerprint density at radius 1 is 1.12 bits per heavy atom. The van der Waals surface area contributed by atoms with Crippen LogP contribution in [0.2, 0.25) is 0 Å². The van der Waals surface area contributed by atoms with E-state index in [1.165, 1.54) is 6.26 Å². The number of ether oxygens (including phenoxy) is 1. The number of carbonyl (C=O) groups excluding carboxylic acids is 1. The summed E-state index contributed by atoms with van der Waals surface area (Å²) in [5.41, 5.74) is 4.12. The minimum Gasteiger partial charge on any atom is -0.496 e. The number of benzene rings is 1. The van der Waals surface area contributed by atoms with Crippen molar-refractivity contribution in [3.8, 4) is 5.75 Å². The number of para-hydroxylation sites is 1. The Morgan fingerprint density at radius 3 is 2.66 bits per heavy atom. The van der Waals surface area contributed by atoms with Gasteiger partial charge in [-0.25, -0.2) is 4.98 Å². The zero-order chi connectivity index (χ0) is 22.7. The normalized spacial score (nSPS) is 11.8. The third-order valence-electron chi connectivity index (χ3n) is 5.35. The highest BCUT2D eigenvalue weighted by Crippen LogP contribution is 2.43. The van der Waals surface area contributed by atoms with Gasteiger partial charge in [-0.15, -0.1) is 11.3 Å². The number of aromatic nitrogens is 1. The van der Waals surface area contributed by atoms with Crippen LogP contribution in [0.25, 0.3) is 0 Å². The summed E-state index contributed by atoms with van der Waals surface area (Å²) < 4.78 is 11.0. The van der Waals surface area contributed by atoms with Crippen LogP contribution >= 0.6 is 11.3 Å². The van der Waals surface area contributed by atoms with Gasteiger partial charge in [0.05, 0.1) is 19.4 Å². The second kappa shape index (κ2) is 9.28. The fraction of sp³-hybridized carbons (Fsp3) is 0.200. The molecule has 0 spiro atoms. The molecule has 0 aliphatic carbocycles. The Morgan fingerprint density at radius 2 is 1.94 bits per heavy atom. The van der Waals surface area contributed by atoms with Crippen LogP contribution in [-0.2, 0) is 0 Å². The second-order valence-electron chi connectivity index (χ2n) is 7.50. The van der Waals surface area contributed by atoms with Gasteiger partial charge >= 0.3 is 0 Å². The lowest BCUT2D eigenvalue weighted by Gasteiger charge is -2.24. The quantitative estimate of drug-likeness (QED) is 0.357. The van der Waals surface area contributed by atoms with Crippen LogP contribution in [-0.4, -0.2) is 18.0 Å². The summed E-state index contributed by atoms with van der Waals surface area (Å²) >= 11 is 1.54. The molecule has 0 aliphatic heterocycles. The number of hydrogen-bond acceptors (Lipinski definition) is 6. The Labute approximate surface area is 191 Å². The Hall–Kier alpha value is -3.58. The van der Waals surface area contributed by atoms with Crippen LogP contribution in [0.1, 0.15) is 43.7 Å². The molecule has 1 aromatic carbocycles. The van der Waals surface area contributed by atoms with Crippen LogP contribution < -0.4 is 15.4 Å². The lowest BCUT2D eigenvalue weighted by atomic mass is 9.95. The predicted octanol–water partition coefficient (Wildman–Crippen LogP) is 6.12. The minimum atomic E-state index is -0.294. The van der Waals surface area contributed by atoms with Crippen molar-refractivity contribution in [2.24, 2.45) is 0 Å². The van der Waals surface area contributed by atoms with Gasteiger partial charge in [0, 0.05) is 22.2 Å². The van der Waals surface area contributed by atoms with Crippen molar-refractivity contribution in [3.05, 3.63) is 93.9 Å². The van der Waals surface area contributed by atoms with Crippen molar-refractivity contribution >= 4 is 28.1 Å². The zero-order valence-electron chi connectivity index (χ0n) is 18.4. The number of methoxy groups -OCH3 is 1. The van der Waals surface area contributed by atoms with Gasteiger partial charge in [-0.3, -0.25) is 4.79 Å². The summed E-state index contributed by atoms with van der Waals surface area (Å²) in [7, 11) is 1.66. The molecular weight excluding hydrogens is 422 g/mol. The first-order valence-electron chi connectivity index (χ1n) is 10.2. The Bertz CT molecular complexity index is 1230. The van der Waals surface area contributed by atoms with E-state index < -0.39 is 0 Å². The monoisotopic (exact) mass is 447 g/mol. The molecule has 0 saturated carbocycles. The van der Waals surface area contributed by atoms with Crippen LogP contribution in [0.3, 0.4) is 0 Å². The fourth-order valence-corrected chi connectivity index (χ4v) is 4.72. The highest BCUT2D eigenvalue weighted by Gasteiger charge is 2.27. The van der Waals surface area contributed by atoms with E-state index in [4.69, 9.17) is 9.15 Å². The van der Waals surface area contributed by atoms with Crippen LogP contribution in [0, 0.1) is 20.8 Å². The molecule has 0 unspecified atom stereocenters. The van der Waals surface area contributed by atoms with E-state index >= 15 is 0 Å². The average Bonchev–Trinajstić information content (AvgIpc) is 3.41. The Kier molecular flexibility index (Phi) is 6.28. The molecule has 4 rings (SSSR count). The molecule has 0 bridgehead atoms. The van der Waals surface area contributed by atoms with Gasteiger partial charge in [0.2, 0.25) is 0 Å². The summed E-state index contributed by atoms with van der Waals surface area (Å²) in [6.07, 6.45) is 3.27. The molecule has 7 heteroatoms. The van der Waals surface area contributed by atoms with Crippen molar-refractivity contribution in [2.75, 3.05) is 17.7 Å². The van der Waals surface area contributed by atoms with E-state index in [0.29, 0.717) is 0 Å². The van der Waals surface area contributed by atoms with E-state index in [-0.39, 0.29) is 17.7 Å². The van der Waals surface area contributed by atoms with Gasteiger partial charge in [0.25, 0.3) is 5.91 Å². The first kappa shape index (κ1) is 21.6. The molecule has 3 heterocycles. The number of amides is 1. The third kappa shape index (κ3) is 4.38. The maximum atomic E-state index is 12.8. The van der Waals surface area contributed by atoms with Gasteiger partial charge in [0.15, 0.2) is 5.76 Å². The maximum absolute atomic E-state index is 12.8. The number of hydrogen-bond donors (Lipinski definition) is 2. The van der Waals surface area contributed by atoms with Gasteiger partial charge in [-0.2, -0.15) is 0 Å². The number of anilines is 2. The number of carbonyl (C=O) groups is 1. The van der Waals surface area contributed by atoms with Crippen LogP contribution in [0.5, 0.6) is 5.75 Å². The SMILES string of the molecule is COc1ccccc1[C@H](Nc1cc(C)ccn1)c1c(NC(=O)c2ccco2)sc(C)c1C. The van der Waals surface area contributed by atoms with Crippen molar-refractivity contribution in [3.63, 3.8) is 0 Å². The number of furan rings is 1. The van der Waals surface area contributed by atoms with E-state index in [0.717, 1.165) is 43.7 Å². The third-order valence-corrected chi connectivity index (χ3v) is 6.49. The molecule has 0 aliphatic rings. The topological polar surface area (TPSA) is 76.4 Å². The van der Waals surface area contributed by atoms with E-state index in [1.807, 2.05) is 43.3 Å². The molecular formula is C25H25N3O3S. The second-order valence-corrected chi connectivity index (χ2v) is 8.72. The number of thiophene rings is 1. The largest absolute Gasteiger partial charge is 0.496 e. The van der Waals surface area contributed by atoms with Crippen molar-refractivity contribution in [1.29, 1.82) is 0 Å². The molecule has 2 N–H and O–H groups in total. The lowest BCUT2D eigenvalue weighted by molar-refractivity contribution is 0.0997. The lowest BCUT2D eigenvalue weighted by Crippen LogP contribution is -2.18. The summed E-state index contributed by atoms with van der Waals surface area (Å²) in [6, 6.07) is 14.9. The molecule has 0 fully saturated rings. The first-order valence-corrected chi connectivity index (χ1v) is 11.1. The number of nitrogens with zero attached hydrogens (tertiary/aromatic N) is 1. The fourth-order valence-electron chi connectivity index (χ4n) is 3.63. The molecule has 6 nitrogen and oxygen atoms in total. The number of pyridine rings is 1. The van der Waals surface area contributed by atoms with Gasteiger partial charge < -0.3 is 19.8 Å². The summed E-state index contributed by atoms with van der Waals surface area (Å²) in [5, 5.41) is 7.38. The number of aryl methyl sites for hydroxylation is 2. The first-order chi connectivity index (χ1) is 15.5. The highest BCUT2D eigenvalue weighted by molar-refractivity contribution is 7.16. The van der Waals surface area contributed by atoms with Crippen molar-refractivity contribution < 1.29 is 13.9 Å². The average molecular weight is 448 g/mol. The van der Waals surface area contributed by atoms with Gasteiger partial charge in [0.1, 0.15) is 16.6 Å².